The van der Waals surface area contributed by atoms with Gasteiger partial charge in [-0.05, 0) is 36.8 Å². The van der Waals surface area contributed by atoms with Crippen molar-refractivity contribution in [2.75, 3.05) is 26.3 Å². The van der Waals surface area contributed by atoms with Crippen LogP contribution in [-0.2, 0) is 11.3 Å². The van der Waals surface area contributed by atoms with Gasteiger partial charge in [-0.1, -0.05) is 32.0 Å². The largest absolute Gasteiger partial charge is 0.380 e. The molecule has 0 fully saturated rings. The van der Waals surface area contributed by atoms with Crippen molar-refractivity contribution in [2.24, 2.45) is 10.9 Å². The second-order valence-corrected chi connectivity index (χ2v) is 6.30. The second-order valence-electron chi connectivity index (χ2n) is 6.30. The van der Waals surface area contributed by atoms with Gasteiger partial charge in [0.2, 0.25) is 0 Å². The van der Waals surface area contributed by atoms with Gasteiger partial charge in [-0.15, -0.1) is 0 Å². The Kier molecular flexibility index (Phi) is 7.62. The van der Waals surface area contributed by atoms with Crippen LogP contribution in [0, 0.1) is 5.92 Å². The number of nitrogens with one attached hydrogen (secondary N) is 3. The highest BCUT2D eigenvalue weighted by atomic mass is 16.5. The van der Waals surface area contributed by atoms with E-state index in [1.165, 1.54) is 5.39 Å². The molecule has 2 rings (SSSR count). The van der Waals surface area contributed by atoms with Crippen LogP contribution in [0.25, 0.3) is 10.9 Å². The number of guanidine groups is 1. The van der Waals surface area contributed by atoms with Crippen molar-refractivity contribution in [1.29, 1.82) is 0 Å². The van der Waals surface area contributed by atoms with E-state index < -0.39 is 0 Å². The van der Waals surface area contributed by atoms with Gasteiger partial charge in [-0.25, -0.2) is 4.99 Å². The molecule has 3 N–H and O–H groups in total. The number of aromatic amines is 1. The van der Waals surface area contributed by atoms with Crippen LogP contribution in [0.5, 0.6) is 0 Å². The van der Waals surface area contributed by atoms with Gasteiger partial charge in [-0.2, -0.15) is 0 Å². The van der Waals surface area contributed by atoms with Gasteiger partial charge in [0.15, 0.2) is 5.96 Å². The summed E-state index contributed by atoms with van der Waals surface area (Å²) in [5.74, 6) is 1.51. The van der Waals surface area contributed by atoms with E-state index in [1.54, 1.807) is 0 Å². The Hall–Kier alpha value is -2.01. The number of H-pyrrole nitrogens is 1. The lowest BCUT2D eigenvalue weighted by Crippen LogP contribution is -2.39. The van der Waals surface area contributed by atoms with Crippen LogP contribution >= 0.6 is 0 Å². The van der Waals surface area contributed by atoms with Crippen LogP contribution in [-0.4, -0.2) is 37.2 Å². The van der Waals surface area contributed by atoms with E-state index in [0.717, 1.165) is 43.3 Å². The van der Waals surface area contributed by atoms with Crippen molar-refractivity contribution in [3.8, 4) is 0 Å². The molecule has 1 aromatic heterocycles. The van der Waals surface area contributed by atoms with E-state index in [1.807, 2.05) is 12.1 Å². The molecule has 0 aliphatic rings. The Balaban J connectivity index is 1.79. The molecule has 0 aliphatic carbocycles. The Bertz CT molecular complexity index is 600. The lowest BCUT2D eigenvalue weighted by atomic mass is 10.1. The highest BCUT2D eigenvalue weighted by molar-refractivity contribution is 5.81. The van der Waals surface area contributed by atoms with Crippen molar-refractivity contribution in [1.82, 2.24) is 15.6 Å². The first kappa shape index (κ1) is 18.3. The molecule has 0 unspecified atom stereocenters. The quantitative estimate of drug-likeness (QED) is 0.376. The van der Waals surface area contributed by atoms with Gasteiger partial charge < -0.3 is 20.4 Å². The fourth-order valence-corrected chi connectivity index (χ4v) is 2.39. The molecule has 0 saturated carbocycles. The summed E-state index contributed by atoms with van der Waals surface area (Å²) in [6.45, 7) is 10.2. The van der Waals surface area contributed by atoms with Gasteiger partial charge in [-0.3, -0.25) is 0 Å². The van der Waals surface area contributed by atoms with E-state index in [0.29, 0.717) is 19.1 Å². The average Bonchev–Trinajstić information content (AvgIpc) is 2.98. The third kappa shape index (κ3) is 6.24. The standard InChI is InChI=1S/C19H30N4O/c1-4-20-19(21-10-12-24-11-9-15(2)3)22-14-17-13-16-7-5-6-8-18(16)23-17/h5-8,13,15,23H,4,9-12,14H2,1-3H3,(H2,20,21,22). The minimum Gasteiger partial charge on any atom is -0.380 e. The van der Waals surface area contributed by atoms with Gasteiger partial charge in [0.25, 0.3) is 0 Å². The fourth-order valence-electron chi connectivity index (χ4n) is 2.39. The number of hydrogen-bond acceptors (Lipinski definition) is 2. The van der Waals surface area contributed by atoms with Crippen molar-refractivity contribution in [3.63, 3.8) is 0 Å². The molecule has 0 saturated heterocycles. The number of para-hydroxylation sites is 1. The van der Waals surface area contributed by atoms with E-state index in [2.05, 4.69) is 59.6 Å². The maximum atomic E-state index is 5.62. The normalized spacial score (nSPS) is 12.1. The average molecular weight is 330 g/mol. The predicted octanol–water partition coefficient (Wildman–Crippen LogP) is 3.29. The van der Waals surface area contributed by atoms with E-state index in [9.17, 15) is 0 Å². The highest BCUT2D eigenvalue weighted by Gasteiger charge is 2.01. The highest BCUT2D eigenvalue weighted by Crippen LogP contribution is 2.14. The monoisotopic (exact) mass is 330 g/mol. The lowest BCUT2D eigenvalue weighted by molar-refractivity contribution is 0.128. The van der Waals surface area contributed by atoms with E-state index >= 15 is 0 Å². The maximum absolute atomic E-state index is 5.62. The molecule has 0 bridgehead atoms. The molecule has 0 atom stereocenters. The summed E-state index contributed by atoms with van der Waals surface area (Å²) in [5.41, 5.74) is 2.26. The molecule has 1 aromatic carbocycles. The number of benzene rings is 1. The molecular formula is C19H30N4O. The summed E-state index contributed by atoms with van der Waals surface area (Å²) in [6, 6.07) is 10.4. The predicted molar refractivity (Wildman–Crippen MR) is 101 cm³/mol. The molecule has 132 valence electrons. The number of aromatic nitrogens is 1. The van der Waals surface area contributed by atoms with Crippen LogP contribution in [0.15, 0.2) is 35.3 Å². The Morgan fingerprint density at radius 3 is 2.79 bits per heavy atom. The SMILES string of the molecule is CCNC(=NCc1cc2ccccc2[nH]1)NCCOCCC(C)C. The summed E-state index contributed by atoms with van der Waals surface area (Å²) in [4.78, 5) is 8.03. The third-order valence-electron chi connectivity index (χ3n) is 3.72. The van der Waals surface area contributed by atoms with Gasteiger partial charge >= 0.3 is 0 Å². The molecule has 1 heterocycles. The molecular weight excluding hydrogens is 300 g/mol. The smallest absolute Gasteiger partial charge is 0.191 e. The Morgan fingerprint density at radius 1 is 1.21 bits per heavy atom. The van der Waals surface area contributed by atoms with E-state index in [4.69, 9.17) is 4.74 Å². The molecule has 24 heavy (non-hydrogen) atoms. The van der Waals surface area contributed by atoms with Gasteiger partial charge in [0.05, 0.1) is 13.2 Å². The zero-order valence-electron chi connectivity index (χ0n) is 15.1. The van der Waals surface area contributed by atoms with Gasteiger partial charge in [0.1, 0.15) is 0 Å². The van der Waals surface area contributed by atoms with Crippen molar-refractivity contribution >= 4 is 16.9 Å². The van der Waals surface area contributed by atoms with E-state index in [-0.39, 0.29) is 0 Å². The molecule has 0 spiro atoms. The van der Waals surface area contributed by atoms with Crippen LogP contribution in [0.1, 0.15) is 32.9 Å². The van der Waals surface area contributed by atoms with Gasteiger partial charge in [0, 0.05) is 30.9 Å². The zero-order chi connectivity index (χ0) is 17.2. The van der Waals surface area contributed by atoms with Crippen molar-refractivity contribution in [2.45, 2.75) is 33.7 Å². The summed E-state index contributed by atoms with van der Waals surface area (Å²) in [6.07, 6.45) is 1.11. The second kappa shape index (κ2) is 9.98. The van der Waals surface area contributed by atoms with Crippen LogP contribution in [0.2, 0.25) is 0 Å². The number of hydrogen-bond donors (Lipinski definition) is 3. The number of rotatable bonds is 9. The molecule has 5 nitrogen and oxygen atoms in total. The lowest BCUT2D eigenvalue weighted by Gasteiger charge is -2.11. The molecule has 2 aromatic rings. The van der Waals surface area contributed by atoms with Crippen LogP contribution in [0.4, 0.5) is 0 Å². The molecule has 5 heteroatoms. The topological polar surface area (TPSA) is 61.4 Å². The summed E-state index contributed by atoms with van der Waals surface area (Å²) in [5, 5.41) is 7.80. The molecule has 0 radical (unpaired) electrons. The summed E-state index contributed by atoms with van der Waals surface area (Å²) < 4.78 is 5.62. The van der Waals surface area contributed by atoms with Crippen LogP contribution in [0.3, 0.4) is 0 Å². The minimum atomic E-state index is 0.623. The number of nitrogens with zero attached hydrogens (tertiary/aromatic N) is 1. The first-order valence-electron chi connectivity index (χ1n) is 8.85. The Labute approximate surface area is 144 Å². The van der Waals surface area contributed by atoms with Crippen molar-refractivity contribution in [3.05, 3.63) is 36.0 Å². The first-order chi connectivity index (χ1) is 11.7. The third-order valence-corrected chi connectivity index (χ3v) is 3.72. The molecule has 0 aliphatic heterocycles. The van der Waals surface area contributed by atoms with Crippen molar-refractivity contribution < 1.29 is 4.74 Å². The minimum absolute atomic E-state index is 0.623. The summed E-state index contributed by atoms with van der Waals surface area (Å²) >= 11 is 0. The zero-order valence-corrected chi connectivity index (χ0v) is 15.1. The Morgan fingerprint density at radius 2 is 2.04 bits per heavy atom. The summed E-state index contributed by atoms with van der Waals surface area (Å²) in [7, 11) is 0. The maximum Gasteiger partial charge on any atom is 0.191 e. The number of aliphatic imine (C=N–C) groups is 1. The fraction of sp³-hybridized carbons (Fsp3) is 0.526. The van der Waals surface area contributed by atoms with Crippen LogP contribution < -0.4 is 10.6 Å². The molecule has 0 amide bonds. The number of ether oxygens (including phenoxy) is 1. The first-order valence-corrected chi connectivity index (χ1v) is 8.85. The number of fused-ring (bicyclic) bond motifs is 1.